The van der Waals surface area contributed by atoms with Crippen molar-refractivity contribution in [3.63, 3.8) is 0 Å². The van der Waals surface area contributed by atoms with E-state index >= 15 is 0 Å². The van der Waals surface area contributed by atoms with Gasteiger partial charge < -0.3 is 15.4 Å². The molecule has 24 heavy (non-hydrogen) atoms. The highest BCUT2D eigenvalue weighted by Gasteiger charge is 2.09. The summed E-state index contributed by atoms with van der Waals surface area (Å²) in [5, 5.41) is 14.0. The molecule has 1 amide bonds. The highest BCUT2D eigenvalue weighted by molar-refractivity contribution is 5.92. The molecule has 1 heterocycles. The minimum atomic E-state index is -0.258. The van der Waals surface area contributed by atoms with Crippen LogP contribution in [0.1, 0.15) is 42.2 Å². The predicted octanol–water partition coefficient (Wildman–Crippen LogP) is 3.02. The third-order valence-corrected chi connectivity index (χ3v) is 3.62. The average Bonchev–Trinajstić information content (AvgIpc) is 2.64. The Bertz CT molecular complexity index is 644. The Kier molecular flexibility index (Phi) is 7.01. The number of para-hydroxylation sites is 1. The van der Waals surface area contributed by atoms with Crippen molar-refractivity contribution < 1.29 is 9.53 Å². The molecular formula is C18H24N4O2. The summed E-state index contributed by atoms with van der Waals surface area (Å²) in [4.78, 5) is 12.2. The molecule has 0 unspecified atom stereocenters. The van der Waals surface area contributed by atoms with Crippen LogP contribution in [0.3, 0.4) is 0 Å². The molecule has 1 aromatic carbocycles. The smallest absolute Gasteiger partial charge is 0.272 e. The molecular weight excluding hydrogens is 304 g/mol. The standard InChI is InChI=1S/C18H24N4O2/c1-3-4-7-12-19-17-11-10-15(21-22-17)18(23)20-13-14-8-5-6-9-16(14)24-2/h5-6,8-11H,3-4,7,12-13H2,1-2H3,(H,19,22)(H,20,23). The number of nitrogens with zero attached hydrogens (tertiary/aromatic N) is 2. The third kappa shape index (κ3) is 5.22. The van der Waals surface area contributed by atoms with E-state index in [1.165, 1.54) is 12.8 Å². The average molecular weight is 328 g/mol. The highest BCUT2D eigenvalue weighted by Crippen LogP contribution is 2.16. The van der Waals surface area contributed by atoms with Gasteiger partial charge in [0, 0.05) is 18.7 Å². The molecule has 0 bridgehead atoms. The minimum Gasteiger partial charge on any atom is -0.496 e. The lowest BCUT2D eigenvalue weighted by atomic mass is 10.2. The quantitative estimate of drug-likeness (QED) is 0.692. The Hall–Kier alpha value is -2.63. The molecule has 0 atom stereocenters. The number of amides is 1. The van der Waals surface area contributed by atoms with Crippen LogP contribution in [0.4, 0.5) is 5.82 Å². The van der Waals surface area contributed by atoms with Crippen molar-refractivity contribution in [3.05, 3.63) is 47.7 Å². The van der Waals surface area contributed by atoms with Crippen molar-refractivity contribution in [1.29, 1.82) is 0 Å². The number of rotatable bonds is 9. The van der Waals surface area contributed by atoms with Gasteiger partial charge in [0.25, 0.3) is 5.91 Å². The van der Waals surface area contributed by atoms with Crippen LogP contribution in [0.2, 0.25) is 0 Å². The van der Waals surface area contributed by atoms with E-state index in [0.29, 0.717) is 18.1 Å². The fraction of sp³-hybridized carbons (Fsp3) is 0.389. The van der Waals surface area contributed by atoms with Gasteiger partial charge in [-0.2, -0.15) is 0 Å². The van der Waals surface area contributed by atoms with Gasteiger partial charge in [0.15, 0.2) is 5.69 Å². The first-order chi connectivity index (χ1) is 11.7. The molecule has 6 heteroatoms. The van der Waals surface area contributed by atoms with Crippen molar-refractivity contribution in [1.82, 2.24) is 15.5 Å². The largest absolute Gasteiger partial charge is 0.496 e. The fourth-order valence-corrected chi connectivity index (χ4v) is 2.25. The summed E-state index contributed by atoms with van der Waals surface area (Å²) in [6.45, 7) is 3.40. The molecule has 0 radical (unpaired) electrons. The molecule has 0 saturated heterocycles. The Morgan fingerprint density at radius 3 is 2.67 bits per heavy atom. The van der Waals surface area contributed by atoms with Crippen LogP contribution in [0, 0.1) is 0 Å². The Morgan fingerprint density at radius 1 is 1.12 bits per heavy atom. The lowest BCUT2D eigenvalue weighted by Gasteiger charge is -2.09. The predicted molar refractivity (Wildman–Crippen MR) is 94.2 cm³/mol. The van der Waals surface area contributed by atoms with Gasteiger partial charge in [-0.25, -0.2) is 0 Å². The van der Waals surface area contributed by atoms with Crippen LogP contribution in [0.15, 0.2) is 36.4 Å². The molecule has 2 N–H and O–H groups in total. The molecule has 1 aromatic heterocycles. The molecule has 128 valence electrons. The Balaban J connectivity index is 1.86. The first kappa shape index (κ1) is 17.7. The zero-order valence-electron chi connectivity index (χ0n) is 14.2. The molecule has 2 rings (SSSR count). The van der Waals surface area contributed by atoms with Crippen LogP contribution in [0.25, 0.3) is 0 Å². The molecule has 0 spiro atoms. The second-order valence-electron chi connectivity index (χ2n) is 5.43. The topological polar surface area (TPSA) is 76.1 Å². The van der Waals surface area contributed by atoms with Gasteiger partial charge in [-0.3, -0.25) is 4.79 Å². The maximum absolute atomic E-state index is 12.2. The molecule has 0 fully saturated rings. The van der Waals surface area contributed by atoms with Gasteiger partial charge in [0.1, 0.15) is 11.6 Å². The Morgan fingerprint density at radius 2 is 1.96 bits per heavy atom. The molecule has 0 aliphatic carbocycles. The summed E-state index contributed by atoms with van der Waals surface area (Å²) in [5.41, 5.74) is 1.21. The number of carbonyl (C=O) groups excluding carboxylic acids is 1. The molecule has 0 saturated carbocycles. The van der Waals surface area contributed by atoms with E-state index < -0.39 is 0 Å². The molecule has 0 aliphatic rings. The first-order valence-corrected chi connectivity index (χ1v) is 8.22. The van der Waals surface area contributed by atoms with Gasteiger partial charge in [-0.05, 0) is 24.6 Å². The van der Waals surface area contributed by atoms with E-state index in [2.05, 4.69) is 27.8 Å². The van der Waals surface area contributed by atoms with Crippen molar-refractivity contribution >= 4 is 11.7 Å². The number of benzene rings is 1. The summed E-state index contributed by atoms with van der Waals surface area (Å²) in [5.74, 6) is 1.17. The number of anilines is 1. The first-order valence-electron chi connectivity index (χ1n) is 8.22. The van der Waals surface area contributed by atoms with Gasteiger partial charge >= 0.3 is 0 Å². The Labute approximate surface area is 142 Å². The number of hydrogen-bond donors (Lipinski definition) is 2. The van der Waals surface area contributed by atoms with Crippen molar-refractivity contribution in [2.45, 2.75) is 32.7 Å². The lowest BCUT2D eigenvalue weighted by Crippen LogP contribution is -2.24. The molecule has 6 nitrogen and oxygen atoms in total. The van der Waals surface area contributed by atoms with Gasteiger partial charge in [0.05, 0.1) is 7.11 Å². The maximum atomic E-state index is 12.2. The second-order valence-corrected chi connectivity index (χ2v) is 5.43. The zero-order chi connectivity index (χ0) is 17.2. The number of hydrogen-bond acceptors (Lipinski definition) is 5. The summed E-state index contributed by atoms with van der Waals surface area (Å²) < 4.78 is 5.27. The van der Waals surface area contributed by atoms with Gasteiger partial charge in [-0.1, -0.05) is 38.0 Å². The number of ether oxygens (including phenoxy) is 1. The summed E-state index contributed by atoms with van der Waals surface area (Å²) in [7, 11) is 1.61. The zero-order valence-corrected chi connectivity index (χ0v) is 14.2. The number of carbonyl (C=O) groups is 1. The van der Waals surface area contributed by atoms with Crippen LogP contribution in [-0.2, 0) is 6.54 Å². The molecule has 0 aliphatic heterocycles. The number of nitrogens with one attached hydrogen (secondary N) is 2. The van der Waals surface area contributed by atoms with E-state index in [9.17, 15) is 4.79 Å². The van der Waals surface area contributed by atoms with E-state index in [4.69, 9.17) is 4.74 Å². The van der Waals surface area contributed by atoms with Gasteiger partial charge in [-0.15, -0.1) is 10.2 Å². The highest BCUT2D eigenvalue weighted by atomic mass is 16.5. The van der Waals surface area contributed by atoms with Crippen molar-refractivity contribution in [2.24, 2.45) is 0 Å². The number of unbranched alkanes of at least 4 members (excludes halogenated alkanes) is 2. The van der Waals surface area contributed by atoms with Crippen molar-refractivity contribution in [2.75, 3.05) is 19.0 Å². The van der Waals surface area contributed by atoms with Crippen LogP contribution < -0.4 is 15.4 Å². The van der Waals surface area contributed by atoms with Crippen LogP contribution in [-0.4, -0.2) is 29.8 Å². The SMILES string of the molecule is CCCCCNc1ccc(C(=O)NCc2ccccc2OC)nn1. The summed E-state index contributed by atoms with van der Waals surface area (Å²) in [6, 6.07) is 11.0. The minimum absolute atomic E-state index is 0.258. The summed E-state index contributed by atoms with van der Waals surface area (Å²) >= 11 is 0. The maximum Gasteiger partial charge on any atom is 0.272 e. The van der Waals surface area contributed by atoms with Gasteiger partial charge in [0.2, 0.25) is 0 Å². The normalized spacial score (nSPS) is 10.2. The van der Waals surface area contributed by atoms with E-state index in [1.54, 1.807) is 19.2 Å². The second kappa shape index (κ2) is 9.50. The van der Waals surface area contributed by atoms with E-state index in [-0.39, 0.29) is 5.91 Å². The number of methoxy groups -OCH3 is 1. The third-order valence-electron chi connectivity index (χ3n) is 3.62. The van der Waals surface area contributed by atoms with E-state index in [0.717, 1.165) is 24.3 Å². The van der Waals surface area contributed by atoms with Crippen LogP contribution >= 0.6 is 0 Å². The fourth-order valence-electron chi connectivity index (χ4n) is 2.25. The van der Waals surface area contributed by atoms with Crippen molar-refractivity contribution in [3.8, 4) is 5.75 Å². The molecule has 2 aromatic rings. The monoisotopic (exact) mass is 328 g/mol. The summed E-state index contributed by atoms with van der Waals surface area (Å²) in [6.07, 6.45) is 3.46. The lowest BCUT2D eigenvalue weighted by molar-refractivity contribution is 0.0944. The number of aromatic nitrogens is 2. The van der Waals surface area contributed by atoms with E-state index in [1.807, 2.05) is 24.3 Å². The van der Waals surface area contributed by atoms with Crippen LogP contribution in [0.5, 0.6) is 5.75 Å².